The first-order valence-corrected chi connectivity index (χ1v) is 27.7. The smallest absolute Gasteiger partial charge is 0.200 e. The monoisotopic (exact) mass is 899 g/mol. The number of hydrogen-bond acceptors (Lipinski definition) is 0. The summed E-state index contributed by atoms with van der Waals surface area (Å²) < 4.78 is 2.82. The molecule has 10 aromatic carbocycles. The maximum atomic E-state index is 2.82. The van der Waals surface area contributed by atoms with Crippen LogP contribution in [0.5, 0.6) is 0 Å². The Morgan fingerprint density at radius 3 is 1.13 bits per heavy atom. The average molecular weight is 900 g/mol. The van der Waals surface area contributed by atoms with E-state index in [2.05, 4.69) is 302 Å². The Kier molecular flexibility index (Phi) is 10.5. The second-order valence-corrected chi connectivity index (χ2v) is 25.2. The molecule has 0 bridgehead atoms. The Balaban J connectivity index is 1.49. The summed E-state index contributed by atoms with van der Waals surface area (Å²) >= 11 is 0. The van der Waals surface area contributed by atoms with Gasteiger partial charge in [-0.2, -0.15) is 0 Å². The van der Waals surface area contributed by atoms with E-state index in [0.29, 0.717) is 0 Å². The van der Waals surface area contributed by atoms with E-state index in [1.165, 1.54) is 75.1 Å². The lowest BCUT2D eigenvalue weighted by Gasteiger charge is -2.49. The Hall–Kier alpha value is -8.09. The van der Waals surface area contributed by atoms with Crippen LogP contribution in [-0.4, -0.2) is 20.7 Å². The lowest BCUT2D eigenvalue weighted by atomic mass is 9.66. The Morgan fingerprint density at radius 2 is 0.691 bits per heavy atom. The maximum absolute atomic E-state index is 3.42. The van der Waals surface area contributed by atoms with Crippen LogP contribution in [0.25, 0.3) is 16.8 Å². The minimum absolute atomic E-state index is 0.795. The van der Waals surface area contributed by atoms with Crippen molar-refractivity contribution in [3.8, 4) is 16.8 Å². The zero-order valence-corrected chi connectivity index (χ0v) is 39.7. The summed E-state index contributed by atoms with van der Waals surface area (Å²) in [6, 6.07) is 113. The van der Waals surface area contributed by atoms with E-state index < -0.39 is 21.6 Å². The Morgan fingerprint density at radius 1 is 0.338 bits per heavy atom. The van der Waals surface area contributed by atoms with Gasteiger partial charge in [-0.1, -0.05) is 285 Å². The predicted molar refractivity (Wildman–Crippen MR) is 290 cm³/mol. The van der Waals surface area contributed by atoms with Gasteiger partial charge in [-0.3, -0.25) is 0 Å². The molecule has 0 unspecified atom stereocenters. The molecule has 1 aromatic heterocycles. The highest BCUT2D eigenvalue weighted by Gasteiger charge is 2.61. The zero-order chi connectivity index (χ0) is 45.4. The summed E-state index contributed by atoms with van der Waals surface area (Å²) in [4.78, 5) is 0. The lowest BCUT2D eigenvalue weighted by Crippen LogP contribution is -2.80. The molecule has 322 valence electrons. The van der Waals surface area contributed by atoms with E-state index in [1.807, 2.05) is 0 Å². The third kappa shape index (κ3) is 6.13. The molecule has 1 aliphatic heterocycles. The van der Waals surface area contributed by atoms with E-state index in [4.69, 9.17) is 0 Å². The highest BCUT2D eigenvalue weighted by molar-refractivity contribution is 7.23. The van der Waals surface area contributed by atoms with Crippen LogP contribution >= 0.6 is 0 Å². The number of hydrogen-bond donors (Lipinski definition) is 0. The van der Waals surface area contributed by atoms with Crippen LogP contribution in [0.1, 0.15) is 22.4 Å². The normalized spacial score (nSPS) is 13.5. The molecule has 0 N–H and O–H groups in total. The van der Waals surface area contributed by atoms with Crippen LogP contribution in [0.2, 0.25) is 0 Å². The Labute approximate surface area is 402 Å². The van der Waals surface area contributed by atoms with Gasteiger partial charge < -0.3 is 4.57 Å². The molecule has 68 heavy (non-hydrogen) atoms. The molecule has 1 aliphatic rings. The molecule has 2 heterocycles. The van der Waals surface area contributed by atoms with Crippen LogP contribution in [-0.2, 0) is 5.41 Å². The van der Waals surface area contributed by atoms with Gasteiger partial charge in [0.25, 0.3) is 0 Å². The summed E-state index contributed by atoms with van der Waals surface area (Å²) in [6.07, 6.45) is 0. The van der Waals surface area contributed by atoms with Gasteiger partial charge in [-0.15, -0.1) is 0 Å². The molecule has 0 atom stereocenters. The molecule has 12 rings (SSSR count). The molecular weight excluding hydrogens is 851 g/mol. The van der Waals surface area contributed by atoms with E-state index in [0.717, 1.165) is 5.69 Å². The second kappa shape index (κ2) is 17.3. The van der Waals surface area contributed by atoms with Crippen molar-refractivity contribution in [3.63, 3.8) is 0 Å². The van der Waals surface area contributed by atoms with Gasteiger partial charge in [-0.05, 0) is 70.7 Å². The molecule has 0 amide bonds. The molecular formula is C65H49NSi2. The van der Waals surface area contributed by atoms with Crippen molar-refractivity contribution in [2.75, 3.05) is 0 Å². The van der Waals surface area contributed by atoms with Gasteiger partial charge in [0.15, 0.2) is 16.1 Å². The van der Waals surface area contributed by atoms with Gasteiger partial charge in [0.05, 0.1) is 5.41 Å². The van der Waals surface area contributed by atoms with Crippen molar-refractivity contribution in [1.82, 2.24) is 4.57 Å². The van der Waals surface area contributed by atoms with Crippen molar-refractivity contribution < 1.29 is 0 Å². The molecule has 0 spiro atoms. The first-order chi connectivity index (χ1) is 33.8. The first kappa shape index (κ1) is 41.4. The number of para-hydroxylation sites is 1. The fourth-order valence-electron chi connectivity index (χ4n) is 12.0. The van der Waals surface area contributed by atoms with E-state index in [-0.39, 0.29) is 0 Å². The molecule has 0 saturated heterocycles. The van der Waals surface area contributed by atoms with Crippen molar-refractivity contribution >= 4 is 57.8 Å². The third-order valence-electron chi connectivity index (χ3n) is 14.5. The van der Waals surface area contributed by atoms with E-state index in [1.54, 1.807) is 0 Å². The van der Waals surface area contributed by atoms with Gasteiger partial charge in [-0.25, -0.2) is 0 Å². The van der Waals surface area contributed by atoms with Crippen LogP contribution in [0, 0.1) is 0 Å². The maximum Gasteiger partial charge on any atom is 0.200 e. The van der Waals surface area contributed by atoms with Crippen molar-refractivity contribution in [2.45, 2.75) is 5.41 Å². The van der Waals surface area contributed by atoms with Gasteiger partial charge in [0.1, 0.15) is 0 Å². The minimum Gasteiger partial charge on any atom is -0.319 e. The largest absolute Gasteiger partial charge is 0.319 e. The SMILES string of the molecule is c1ccc(-c2c3c(n(-c4ccccc4)c2[Si](c2ccccc2)(c2ccccc2)c2ccccc2)C(c2ccccc2)(c2ccccc2)c2ccccc2[Si]3(c2ccccc2)c2ccccc2)cc1. The van der Waals surface area contributed by atoms with E-state index >= 15 is 0 Å². The number of benzene rings is 10. The molecule has 0 saturated carbocycles. The second-order valence-electron chi connectivity index (χ2n) is 17.8. The zero-order valence-electron chi connectivity index (χ0n) is 37.7. The van der Waals surface area contributed by atoms with Crippen LogP contribution < -0.4 is 41.6 Å². The van der Waals surface area contributed by atoms with Gasteiger partial charge in [0, 0.05) is 22.3 Å². The summed E-state index contributed by atoms with van der Waals surface area (Å²) in [5.74, 6) is 0. The van der Waals surface area contributed by atoms with E-state index in [9.17, 15) is 0 Å². The topological polar surface area (TPSA) is 4.93 Å². The summed E-state index contributed by atoms with van der Waals surface area (Å²) in [5, 5.41) is 10.9. The van der Waals surface area contributed by atoms with Gasteiger partial charge in [0.2, 0.25) is 0 Å². The Bertz CT molecular complexity index is 3110. The minimum atomic E-state index is -3.42. The van der Waals surface area contributed by atoms with Crippen molar-refractivity contribution in [1.29, 1.82) is 0 Å². The number of fused-ring (bicyclic) bond motifs is 2. The van der Waals surface area contributed by atoms with Crippen LogP contribution in [0.4, 0.5) is 0 Å². The third-order valence-corrected chi connectivity index (χ3v) is 24.2. The first-order valence-electron chi connectivity index (χ1n) is 23.7. The summed E-state index contributed by atoms with van der Waals surface area (Å²) in [7, 11) is -6.80. The number of nitrogens with zero attached hydrogens (tertiary/aromatic N) is 1. The standard InChI is InChI=1S/C65H49NSi2/c1-10-30-50(31-11-1)61-62-63(66(53-36-16-4-17-37-53)64(61)67(54-38-18-5-19-39-54,55-40-20-6-21-41-55)56-42-22-7-23-43-56)65(51-32-12-2-13-33-51,52-34-14-3-15-35-52)59-48-28-29-49-60(59)68(62,57-44-24-8-25-45-57)58-46-26-9-27-47-58/h1-49H. The average Bonchev–Trinajstić information content (AvgIpc) is 3.79. The molecule has 0 radical (unpaired) electrons. The molecule has 0 aliphatic carbocycles. The quantitative estimate of drug-likeness (QED) is 0.0953. The number of rotatable bonds is 10. The lowest BCUT2D eigenvalue weighted by molar-refractivity contribution is 0.701. The number of aromatic nitrogens is 1. The van der Waals surface area contributed by atoms with Crippen molar-refractivity contribution in [2.24, 2.45) is 0 Å². The summed E-state index contributed by atoms with van der Waals surface area (Å²) in [6.45, 7) is 0. The van der Waals surface area contributed by atoms with Crippen molar-refractivity contribution in [3.05, 3.63) is 320 Å². The predicted octanol–water partition coefficient (Wildman–Crippen LogP) is 9.60. The summed E-state index contributed by atoms with van der Waals surface area (Å²) in [5.41, 5.74) is 7.95. The van der Waals surface area contributed by atoms with Crippen LogP contribution in [0.3, 0.4) is 0 Å². The van der Waals surface area contributed by atoms with Crippen LogP contribution in [0.15, 0.2) is 297 Å². The van der Waals surface area contributed by atoms with Gasteiger partial charge >= 0.3 is 0 Å². The fourth-order valence-corrected chi connectivity index (χ4v) is 22.8. The highest BCUT2D eigenvalue weighted by atomic mass is 28.3. The molecule has 11 aromatic rings. The fraction of sp³-hybridized carbons (Fsp3) is 0.0154. The molecule has 1 nitrogen and oxygen atoms in total. The highest BCUT2D eigenvalue weighted by Crippen LogP contribution is 2.49. The molecule has 0 fully saturated rings. The molecule has 3 heteroatoms.